The fourth-order valence-electron chi connectivity index (χ4n) is 2.42. The number of fused-ring (bicyclic) bond motifs is 2. The van der Waals surface area contributed by atoms with E-state index in [2.05, 4.69) is 25.9 Å². The van der Waals surface area contributed by atoms with E-state index < -0.39 is 0 Å². The molecule has 0 N–H and O–H groups in total. The molecule has 0 spiro atoms. The average molecular weight is 370 g/mol. The molecule has 0 unspecified atom stereocenters. The van der Waals surface area contributed by atoms with Crippen LogP contribution in [0, 0.1) is 0 Å². The van der Waals surface area contributed by atoms with Crippen LogP contribution in [0.2, 0.25) is 5.15 Å². The second-order valence-corrected chi connectivity index (χ2v) is 5.97. The number of nitrogens with zero attached hydrogens (tertiary/aromatic N) is 2. The normalized spacial score (nSPS) is 15.9. The van der Waals surface area contributed by atoms with Crippen LogP contribution in [0.25, 0.3) is 11.4 Å². The first-order valence-corrected chi connectivity index (χ1v) is 7.62. The Kier molecular flexibility index (Phi) is 3.24. The lowest BCUT2D eigenvalue weighted by Gasteiger charge is -2.17. The Morgan fingerprint density at radius 1 is 1.19 bits per heavy atom. The van der Waals surface area contributed by atoms with Crippen molar-refractivity contribution in [2.24, 2.45) is 0 Å². The zero-order chi connectivity index (χ0) is 14.4. The summed E-state index contributed by atoms with van der Waals surface area (Å²) in [6, 6.07) is 3.77. The Balaban J connectivity index is 1.84. The molecule has 5 nitrogen and oxygen atoms in total. The van der Waals surface area contributed by atoms with Gasteiger partial charge >= 0.3 is 0 Å². The molecule has 2 aliphatic heterocycles. The smallest absolute Gasteiger partial charge is 0.231 e. The summed E-state index contributed by atoms with van der Waals surface area (Å²) in [6.45, 7) is 1.35. The van der Waals surface area contributed by atoms with Crippen LogP contribution in [0.3, 0.4) is 0 Å². The van der Waals surface area contributed by atoms with Gasteiger partial charge in [-0.15, -0.1) is 0 Å². The number of halogens is 2. The van der Waals surface area contributed by atoms with Crippen molar-refractivity contribution in [3.63, 3.8) is 0 Å². The summed E-state index contributed by atoms with van der Waals surface area (Å²) in [5, 5.41) is 0.448. The monoisotopic (exact) mass is 368 g/mol. The molecule has 0 bridgehead atoms. The van der Waals surface area contributed by atoms with Gasteiger partial charge in [0.15, 0.2) is 17.3 Å². The first-order valence-electron chi connectivity index (χ1n) is 6.45. The van der Waals surface area contributed by atoms with Gasteiger partial charge in [-0.3, -0.25) is 0 Å². The molecule has 7 heteroatoms. The van der Waals surface area contributed by atoms with Crippen LogP contribution >= 0.6 is 27.5 Å². The molecule has 108 valence electrons. The molecular weight excluding hydrogens is 360 g/mol. The molecule has 3 heterocycles. The summed E-state index contributed by atoms with van der Waals surface area (Å²) in [7, 11) is 0. The molecule has 1 aromatic heterocycles. The third kappa shape index (κ3) is 2.27. The number of aromatic nitrogens is 2. The lowest BCUT2D eigenvalue weighted by molar-refractivity contribution is 0.109. The summed E-state index contributed by atoms with van der Waals surface area (Å²) in [4.78, 5) is 9.00. The Morgan fingerprint density at radius 3 is 3.00 bits per heavy atom. The van der Waals surface area contributed by atoms with Gasteiger partial charge < -0.3 is 14.2 Å². The van der Waals surface area contributed by atoms with Crippen molar-refractivity contribution in [1.29, 1.82) is 0 Å². The molecule has 0 saturated heterocycles. The van der Waals surface area contributed by atoms with Crippen LogP contribution in [0.15, 0.2) is 16.6 Å². The van der Waals surface area contributed by atoms with Gasteiger partial charge in [-0.25, -0.2) is 9.97 Å². The number of hydrogen-bond donors (Lipinski definition) is 0. The molecule has 0 amide bonds. The van der Waals surface area contributed by atoms with Gasteiger partial charge in [0.1, 0.15) is 5.15 Å². The highest BCUT2D eigenvalue weighted by atomic mass is 79.9. The maximum absolute atomic E-state index is 6.26. The van der Waals surface area contributed by atoms with Gasteiger partial charge in [0, 0.05) is 17.5 Å². The van der Waals surface area contributed by atoms with E-state index in [1.165, 1.54) is 0 Å². The van der Waals surface area contributed by atoms with Crippen molar-refractivity contribution in [3.8, 4) is 22.9 Å². The number of benzene rings is 1. The maximum atomic E-state index is 6.26. The van der Waals surface area contributed by atoms with Crippen LogP contribution in [-0.4, -0.2) is 23.4 Å². The van der Waals surface area contributed by atoms with Crippen molar-refractivity contribution < 1.29 is 14.2 Å². The predicted octanol–water partition coefficient (Wildman–Crippen LogP) is 3.36. The molecule has 1 aromatic carbocycles. The van der Waals surface area contributed by atoms with E-state index in [1.807, 2.05) is 12.1 Å². The Bertz CT molecular complexity index is 739. The molecule has 0 radical (unpaired) electrons. The van der Waals surface area contributed by atoms with Gasteiger partial charge in [-0.2, -0.15) is 0 Å². The van der Waals surface area contributed by atoms with E-state index in [9.17, 15) is 0 Å². The second-order valence-electron chi connectivity index (χ2n) is 4.76. The van der Waals surface area contributed by atoms with E-state index in [0.717, 1.165) is 27.7 Å². The van der Waals surface area contributed by atoms with Crippen molar-refractivity contribution >= 4 is 27.5 Å². The van der Waals surface area contributed by atoms with Crippen LogP contribution < -0.4 is 9.47 Å². The quantitative estimate of drug-likeness (QED) is 0.722. The topological polar surface area (TPSA) is 53.5 Å². The zero-order valence-corrected chi connectivity index (χ0v) is 13.2. The molecular formula is C14H10BrClN2O3. The average Bonchev–Trinajstić information content (AvgIpc) is 2.96. The number of ether oxygens (including phenoxy) is 3. The van der Waals surface area contributed by atoms with Gasteiger partial charge in [0.05, 0.1) is 23.4 Å². The third-order valence-electron chi connectivity index (χ3n) is 3.46. The van der Waals surface area contributed by atoms with Gasteiger partial charge in [-0.1, -0.05) is 11.6 Å². The minimum atomic E-state index is 0.223. The Morgan fingerprint density at radius 2 is 2.10 bits per heavy atom. The molecule has 2 aliphatic rings. The molecule has 0 aliphatic carbocycles. The fraction of sp³-hybridized carbons (Fsp3) is 0.286. The van der Waals surface area contributed by atoms with Gasteiger partial charge in [0.2, 0.25) is 6.79 Å². The van der Waals surface area contributed by atoms with Crippen molar-refractivity contribution in [3.05, 3.63) is 33.0 Å². The number of rotatable bonds is 1. The Hall–Kier alpha value is -1.37. The lowest BCUT2D eigenvalue weighted by Crippen LogP contribution is -2.14. The Labute approximate surface area is 134 Å². The molecule has 0 fully saturated rings. The standard InChI is InChI=1S/C14H10BrClN2O3/c15-9-3-7(4-11-12(9)21-6-20-11)14-17-10-1-2-19-5-8(10)13(16)18-14/h3-4H,1-2,5-6H2. The van der Waals surface area contributed by atoms with E-state index in [1.54, 1.807) is 0 Å². The largest absolute Gasteiger partial charge is 0.454 e. The summed E-state index contributed by atoms with van der Waals surface area (Å²) in [5.41, 5.74) is 2.67. The first-order chi connectivity index (χ1) is 10.2. The molecule has 4 rings (SSSR count). The van der Waals surface area contributed by atoms with Gasteiger partial charge in [0.25, 0.3) is 0 Å². The van der Waals surface area contributed by atoms with Crippen LogP contribution in [0.1, 0.15) is 11.3 Å². The predicted molar refractivity (Wildman–Crippen MR) is 79.7 cm³/mol. The van der Waals surface area contributed by atoms with Gasteiger partial charge in [-0.05, 0) is 28.1 Å². The fourth-order valence-corrected chi connectivity index (χ4v) is 3.22. The van der Waals surface area contributed by atoms with E-state index in [0.29, 0.717) is 35.7 Å². The molecule has 2 aromatic rings. The second kappa shape index (κ2) is 5.12. The highest BCUT2D eigenvalue weighted by molar-refractivity contribution is 9.10. The molecule has 0 saturated carbocycles. The highest BCUT2D eigenvalue weighted by Crippen LogP contribution is 2.42. The third-order valence-corrected chi connectivity index (χ3v) is 4.36. The van der Waals surface area contributed by atoms with Crippen molar-refractivity contribution in [1.82, 2.24) is 9.97 Å². The van der Waals surface area contributed by atoms with E-state index in [4.69, 9.17) is 25.8 Å². The van der Waals surface area contributed by atoms with Crippen LogP contribution in [0.5, 0.6) is 11.5 Å². The summed E-state index contributed by atoms with van der Waals surface area (Å²) in [5.74, 6) is 1.97. The summed E-state index contributed by atoms with van der Waals surface area (Å²) >= 11 is 9.73. The minimum absolute atomic E-state index is 0.223. The van der Waals surface area contributed by atoms with Crippen LogP contribution in [0.4, 0.5) is 0 Å². The minimum Gasteiger partial charge on any atom is -0.454 e. The van der Waals surface area contributed by atoms with Crippen molar-refractivity contribution in [2.45, 2.75) is 13.0 Å². The SMILES string of the molecule is Clc1nc(-c2cc(Br)c3c(c2)OCO3)nc2c1COCC2. The van der Waals surface area contributed by atoms with Crippen molar-refractivity contribution in [2.75, 3.05) is 13.4 Å². The maximum Gasteiger partial charge on any atom is 0.231 e. The molecule has 21 heavy (non-hydrogen) atoms. The lowest BCUT2D eigenvalue weighted by atomic mass is 10.1. The van der Waals surface area contributed by atoms with E-state index in [-0.39, 0.29) is 6.79 Å². The summed E-state index contributed by atoms with van der Waals surface area (Å²) in [6.07, 6.45) is 0.746. The number of hydrogen-bond acceptors (Lipinski definition) is 5. The zero-order valence-electron chi connectivity index (χ0n) is 10.9. The summed E-state index contributed by atoms with van der Waals surface area (Å²) < 4.78 is 17.0. The highest BCUT2D eigenvalue weighted by Gasteiger charge is 2.22. The molecule has 0 atom stereocenters. The van der Waals surface area contributed by atoms with E-state index >= 15 is 0 Å². The van der Waals surface area contributed by atoms with Crippen LogP contribution in [-0.2, 0) is 17.8 Å². The first kappa shape index (κ1) is 13.3.